The quantitative estimate of drug-likeness (QED) is 0.0552. The number of nitrogens with two attached hydrogens (primary N) is 2. The molecule has 3 aromatic rings. The first-order valence-electron chi connectivity index (χ1n) is 19.7. The Bertz CT molecular complexity index is 4120. The Morgan fingerprint density at radius 3 is 0.813 bits per heavy atom. The van der Waals surface area contributed by atoms with Gasteiger partial charge >= 0.3 is 0 Å². The Kier molecular flexibility index (Phi) is 30.4. The molecule has 0 spiro atoms. The fourth-order valence-electron chi connectivity index (χ4n) is 3.78. The highest BCUT2D eigenvalue weighted by Crippen LogP contribution is 2.13. The lowest BCUT2D eigenvalue weighted by Gasteiger charge is -2.07. The van der Waals surface area contributed by atoms with Crippen LogP contribution in [-0.4, -0.2) is 39.0 Å². The third kappa shape index (κ3) is 31.0. The molecule has 0 saturated carbocycles. The summed E-state index contributed by atoms with van der Waals surface area (Å²) in [6.07, 6.45) is 0. The van der Waals surface area contributed by atoms with E-state index in [1.165, 1.54) is 79.7 Å². The number of nitro groups is 3. The standard InChI is InChI=1S/C36H6N2.C15H12N4O6.C8H7NO3/c1-2-3-4-5-6-7-8-9-10-11-12-13-14-15-16-17-18-19-20-21-22-23-24-25-26-27-28-29-30-31-32-33-34-35-36(37)38;20-14(10-1-5-12(6-2-10)18(22)23)16-9-17-15(21)11-3-7-13(8-4-11)19(24)25;1-6(10)7-2-4-8(5-3-7)9(11)12/h1,37-38H2;1-8H,9H2,(H,16,20)(H,17,21);2-5H,1H3. The summed E-state index contributed by atoms with van der Waals surface area (Å²) in [5, 5.41) is 36.1. The number of nitrogens with one attached hydrogen (secondary N) is 2. The van der Waals surface area contributed by atoms with Gasteiger partial charge in [-0.15, -0.1) is 0 Å². The molecule has 16 nitrogen and oxygen atoms in total. The number of nitrogens with zero attached hydrogens (tertiary/aromatic N) is 3. The summed E-state index contributed by atoms with van der Waals surface area (Å²) in [7, 11) is 0. The van der Waals surface area contributed by atoms with E-state index in [1.54, 1.807) is 0 Å². The van der Waals surface area contributed by atoms with Gasteiger partial charge in [-0.05, 0) is 147 Å². The van der Waals surface area contributed by atoms with Crippen molar-refractivity contribution >= 4 is 34.7 Å². The molecule has 3 aromatic carbocycles. The number of benzene rings is 3. The van der Waals surface area contributed by atoms with Gasteiger partial charge in [-0.25, -0.2) is 0 Å². The van der Waals surface area contributed by atoms with Crippen LogP contribution in [-0.2, 0) is 0 Å². The van der Waals surface area contributed by atoms with E-state index in [9.17, 15) is 44.7 Å². The predicted octanol–water partition coefficient (Wildman–Crippen LogP) is 8.07. The maximum absolute atomic E-state index is 11.9. The van der Waals surface area contributed by atoms with E-state index in [0.717, 1.165) is 0 Å². The van der Waals surface area contributed by atoms with E-state index in [0.29, 0.717) is 5.56 Å². The van der Waals surface area contributed by atoms with Crippen molar-refractivity contribution in [2.75, 3.05) is 6.67 Å². The SMILES string of the molecule is C=C=C=C=C=C=C=C=C=C=C=C=C=C=C=C=C=C=C=C=C=C=C=C=C=C=C=C=C=C=C=C=C=C=C=C(N)N.CC(=O)c1ccc([N+](=O)[O-])cc1.O=C(NCNC(=O)c1ccc([N+](=O)[O-])cc1)c1ccc([N+](=O)[O-])cc1. The van der Waals surface area contributed by atoms with Crippen LogP contribution in [0.1, 0.15) is 38.0 Å². The van der Waals surface area contributed by atoms with Crippen LogP contribution < -0.4 is 22.1 Å². The summed E-state index contributed by atoms with van der Waals surface area (Å²) in [4.78, 5) is 64.1. The van der Waals surface area contributed by atoms with E-state index in [4.69, 9.17) is 11.5 Å². The molecular formula is C59H25N7O9. The highest BCUT2D eigenvalue weighted by Gasteiger charge is 2.12. The Labute approximate surface area is 425 Å². The normalized spacial score (nSPS) is 6.95. The highest BCUT2D eigenvalue weighted by molar-refractivity contribution is 5.96. The van der Waals surface area contributed by atoms with Crippen molar-refractivity contribution in [3.05, 3.63) is 327 Å². The van der Waals surface area contributed by atoms with Crippen molar-refractivity contribution in [3.63, 3.8) is 0 Å². The van der Waals surface area contributed by atoms with E-state index in [2.05, 4.69) is 212 Å². The fourth-order valence-corrected chi connectivity index (χ4v) is 3.78. The zero-order valence-corrected chi connectivity index (χ0v) is 38.5. The second kappa shape index (κ2) is 38.4. The molecule has 0 heterocycles. The molecular weight excluding hydrogens is 951 g/mol. The Morgan fingerprint density at radius 1 is 0.400 bits per heavy atom. The number of hydrogen-bond acceptors (Lipinski definition) is 11. The molecule has 0 saturated heterocycles. The maximum Gasteiger partial charge on any atom is 0.269 e. The Morgan fingerprint density at radius 2 is 0.613 bits per heavy atom. The second-order valence-corrected chi connectivity index (χ2v) is 11.9. The summed E-state index contributed by atoms with van der Waals surface area (Å²) in [5.74, 6) is -1.14. The number of hydrogen-bond donors (Lipinski definition) is 4. The summed E-state index contributed by atoms with van der Waals surface area (Å²) in [5.41, 5.74) is 95.0. The summed E-state index contributed by atoms with van der Waals surface area (Å²) < 4.78 is 0. The van der Waals surface area contributed by atoms with Crippen molar-refractivity contribution in [1.82, 2.24) is 10.6 Å². The van der Waals surface area contributed by atoms with Crippen LogP contribution in [0.15, 0.2) is 280 Å². The average molecular weight is 976 g/mol. The number of carbonyl (C=O) groups is 3. The minimum Gasteiger partial charge on any atom is -0.379 e. The van der Waals surface area contributed by atoms with Crippen molar-refractivity contribution < 1.29 is 29.2 Å². The molecule has 0 aliphatic carbocycles. The molecule has 0 bridgehead atoms. The van der Waals surface area contributed by atoms with Gasteiger partial charge in [0.25, 0.3) is 28.9 Å². The maximum atomic E-state index is 11.9. The molecule has 0 atom stereocenters. The molecule has 0 fully saturated rings. The third-order valence-electron chi connectivity index (χ3n) is 6.90. The van der Waals surface area contributed by atoms with E-state index >= 15 is 0 Å². The fraction of sp³-hybridized carbons (Fsp3) is 0.0339. The van der Waals surface area contributed by atoms with Gasteiger partial charge in [0.1, 0.15) is 5.82 Å². The number of ketones is 1. The molecule has 350 valence electrons. The van der Waals surface area contributed by atoms with Gasteiger partial charge in [0.05, 0.1) is 21.4 Å². The van der Waals surface area contributed by atoms with Gasteiger partial charge in [0, 0.05) is 145 Å². The van der Waals surface area contributed by atoms with Crippen LogP contribution in [0.4, 0.5) is 17.1 Å². The van der Waals surface area contributed by atoms with Gasteiger partial charge in [-0.1, -0.05) is 5.73 Å². The van der Waals surface area contributed by atoms with Crippen LogP contribution in [0, 0.1) is 30.3 Å². The number of amides is 2. The molecule has 3 rings (SSSR count). The third-order valence-corrected chi connectivity index (χ3v) is 6.90. The largest absolute Gasteiger partial charge is 0.379 e. The molecule has 0 aliphatic rings. The minimum atomic E-state index is -0.577. The van der Waals surface area contributed by atoms with Gasteiger partial charge < -0.3 is 22.1 Å². The molecule has 2 amide bonds. The van der Waals surface area contributed by atoms with Gasteiger partial charge in [0.15, 0.2) is 5.78 Å². The molecule has 0 aliphatic heterocycles. The number of Topliss-reactive ketones (excluding diaryl/α,β-unsaturated/α-hetero) is 1. The lowest BCUT2D eigenvalue weighted by Crippen LogP contribution is -2.37. The first kappa shape index (κ1) is 59.3. The first-order chi connectivity index (χ1) is 36.3. The van der Waals surface area contributed by atoms with E-state index in [-0.39, 0.29) is 46.5 Å². The van der Waals surface area contributed by atoms with E-state index < -0.39 is 26.6 Å². The molecule has 0 aromatic heterocycles. The topological polar surface area (TPSA) is 257 Å². The second-order valence-electron chi connectivity index (χ2n) is 11.9. The predicted molar refractivity (Wildman–Crippen MR) is 266 cm³/mol. The molecule has 0 unspecified atom stereocenters. The number of carbonyl (C=O) groups excluding carboxylic acids is 3. The smallest absolute Gasteiger partial charge is 0.269 e. The van der Waals surface area contributed by atoms with Crippen molar-refractivity contribution in [1.29, 1.82) is 0 Å². The Balaban J connectivity index is 0.000000641. The van der Waals surface area contributed by atoms with Crippen LogP contribution in [0.3, 0.4) is 0 Å². The average Bonchev–Trinajstić information content (AvgIpc) is 3.40. The minimum absolute atomic E-state index is 0.000000000000000222. The zero-order valence-electron chi connectivity index (χ0n) is 38.5. The highest BCUT2D eigenvalue weighted by atomic mass is 16.6. The van der Waals surface area contributed by atoms with Gasteiger partial charge in [0.2, 0.25) is 0 Å². The number of nitro benzene ring substituents is 3. The lowest BCUT2D eigenvalue weighted by atomic mass is 10.1. The first-order valence-corrected chi connectivity index (χ1v) is 19.7. The number of rotatable bonds is 8. The molecule has 75 heavy (non-hydrogen) atoms. The van der Waals surface area contributed by atoms with Crippen LogP contribution in [0.25, 0.3) is 0 Å². The monoisotopic (exact) mass is 975 g/mol. The van der Waals surface area contributed by atoms with Crippen LogP contribution in [0.5, 0.6) is 0 Å². The molecule has 16 heteroatoms. The van der Waals surface area contributed by atoms with Gasteiger partial charge in [-0.2, -0.15) is 0 Å². The molecule has 6 N–H and O–H groups in total. The molecule has 0 radical (unpaired) electrons. The van der Waals surface area contributed by atoms with Crippen molar-refractivity contribution in [3.8, 4) is 0 Å². The Hall–Kier alpha value is -13.7. The summed E-state index contributed by atoms with van der Waals surface area (Å²) >= 11 is 0. The van der Waals surface area contributed by atoms with Crippen molar-refractivity contribution in [2.45, 2.75) is 6.92 Å². The van der Waals surface area contributed by atoms with Crippen molar-refractivity contribution in [2.24, 2.45) is 11.5 Å². The van der Waals surface area contributed by atoms with Crippen LogP contribution in [0.2, 0.25) is 0 Å². The number of non-ortho nitro benzene ring substituents is 3. The summed E-state index contributed by atoms with van der Waals surface area (Å²) in [6, 6.07) is 15.5. The zero-order chi connectivity index (χ0) is 55.2. The van der Waals surface area contributed by atoms with Crippen LogP contribution >= 0.6 is 0 Å². The van der Waals surface area contributed by atoms with Gasteiger partial charge in [-0.3, -0.25) is 44.7 Å². The summed E-state index contributed by atoms with van der Waals surface area (Å²) in [6.45, 7) is 4.55. The van der Waals surface area contributed by atoms with E-state index in [1.807, 2.05) is 0 Å². The lowest BCUT2D eigenvalue weighted by molar-refractivity contribution is -0.385.